The minimum Gasteiger partial charge on any atom is -0.0622 e. The zero-order chi connectivity index (χ0) is 22.5. The van der Waals surface area contributed by atoms with Crippen molar-refractivity contribution in [2.75, 3.05) is 0 Å². The normalized spacial score (nSPS) is 11.5. The molecule has 7 rings (SSSR count). The van der Waals surface area contributed by atoms with Crippen LogP contribution in [0.2, 0.25) is 0 Å². The fraction of sp³-hybridized carbons (Fsp3) is 0. The Labute approximate surface area is 198 Å². The van der Waals surface area contributed by atoms with Crippen LogP contribution in [-0.2, 0) is 0 Å². The van der Waals surface area contributed by atoms with Crippen LogP contribution >= 0.6 is 0 Å². The average molecular weight is 431 g/mol. The second-order valence-electron chi connectivity index (χ2n) is 9.10. The molecule has 0 saturated carbocycles. The van der Waals surface area contributed by atoms with E-state index in [1.165, 1.54) is 65.3 Å². The summed E-state index contributed by atoms with van der Waals surface area (Å²) in [5.74, 6) is 0. The Hall–Kier alpha value is -4.42. The standard InChI is InChI=1S/C34H22/c1-2-6-23(7-3-1)24-10-12-25(13-11-24)28-14-15-29-19-33-21-31-16-26-8-4-5-9-27(26)17-32(31)22-34(33)20-30(29)18-28/h1-22H. The molecule has 0 atom stereocenters. The Kier molecular flexibility index (Phi) is 4.25. The van der Waals surface area contributed by atoms with Crippen LogP contribution in [0.5, 0.6) is 0 Å². The smallest absolute Gasteiger partial charge is 0.0171 e. The van der Waals surface area contributed by atoms with Gasteiger partial charge in [-0.15, -0.1) is 0 Å². The maximum absolute atomic E-state index is 2.33. The number of benzene rings is 7. The molecule has 0 bridgehead atoms. The van der Waals surface area contributed by atoms with E-state index >= 15 is 0 Å². The van der Waals surface area contributed by atoms with Crippen LogP contribution in [0.25, 0.3) is 65.3 Å². The quantitative estimate of drug-likeness (QED) is 0.239. The van der Waals surface area contributed by atoms with E-state index in [4.69, 9.17) is 0 Å². The van der Waals surface area contributed by atoms with Gasteiger partial charge < -0.3 is 0 Å². The predicted octanol–water partition coefficient (Wildman–Crippen LogP) is 9.63. The lowest BCUT2D eigenvalue weighted by atomic mass is 9.95. The summed E-state index contributed by atoms with van der Waals surface area (Å²) in [5.41, 5.74) is 4.99. The highest BCUT2D eigenvalue weighted by atomic mass is 14.1. The SMILES string of the molecule is c1ccc(-c2ccc(-c3ccc4cc5cc6cc7ccccc7cc6cc5cc4c3)cc2)cc1. The van der Waals surface area contributed by atoms with Gasteiger partial charge in [-0.05, 0) is 108 Å². The van der Waals surface area contributed by atoms with E-state index in [0.717, 1.165) is 0 Å². The Bertz CT molecular complexity index is 1820. The molecule has 0 heterocycles. The summed E-state index contributed by atoms with van der Waals surface area (Å²) < 4.78 is 0. The van der Waals surface area contributed by atoms with Gasteiger partial charge in [0, 0.05) is 0 Å². The van der Waals surface area contributed by atoms with Gasteiger partial charge in [0.25, 0.3) is 0 Å². The van der Waals surface area contributed by atoms with E-state index in [-0.39, 0.29) is 0 Å². The highest BCUT2D eigenvalue weighted by Gasteiger charge is 2.06. The third-order valence-corrected chi connectivity index (χ3v) is 6.94. The van der Waals surface area contributed by atoms with Gasteiger partial charge in [-0.1, -0.05) is 91.0 Å². The molecule has 0 saturated heterocycles. The fourth-order valence-corrected chi connectivity index (χ4v) is 5.11. The first kappa shape index (κ1) is 19.1. The summed E-state index contributed by atoms with van der Waals surface area (Å²) in [6, 6.07) is 48.7. The van der Waals surface area contributed by atoms with Gasteiger partial charge in [0.1, 0.15) is 0 Å². The number of rotatable bonds is 2. The van der Waals surface area contributed by atoms with Crippen molar-refractivity contribution in [3.05, 3.63) is 133 Å². The average Bonchev–Trinajstić information content (AvgIpc) is 2.90. The number of hydrogen-bond acceptors (Lipinski definition) is 0. The van der Waals surface area contributed by atoms with Crippen molar-refractivity contribution in [3.8, 4) is 22.3 Å². The molecule has 0 aliphatic carbocycles. The molecule has 0 radical (unpaired) electrons. The van der Waals surface area contributed by atoms with Crippen LogP contribution in [0, 0.1) is 0 Å². The minimum atomic E-state index is 1.24. The third kappa shape index (κ3) is 3.24. The molecule has 7 aromatic carbocycles. The van der Waals surface area contributed by atoms with Crippen LogP contribution in [0.3, 0.4) is 0 Å². The monoisotopic (exact) mass is 430 g/mol. The van der Waals surface area contributed by atoms with Gasteiger partial charge in [0.05, 0.1) is 0 Å². The van der Waals surface area contributed by atoms with Crippen LogP contribution in [-0.4, -0.2) is 0 Å². The topological polar surface area (TPSA) is 0 Å². The van der Waals surface area contributed by atoms with Gasteiger partial charge in [-0.3, -0.25) is 0 Å². The molecule has 0 heteroatoms. The molecule has 0 spiro atoms. The first-order chi connectivity index (χ1) is 16.8. The van der Waals surface area contributed by atoms with Crippen molar-refractivity contribution in [1.29, 1.82) is 0 Å². The van der Waals surface area contributed by atoms with Crippen LogP contribution < -0.4 is 0 Å². The highest BCUT2D eigenvalue weighted by Crippen LogP contribution is 2.32. The van der Waals surface area contributed by atoms with Crippen molar-refractivity contribution >= 4 is 43.1 Å². The molecule has 34 heavy (non-hydrogen) atoms. The van der Waals surface area contributed by atoms with Crippen molar-refractivity contribution in [2.24, 2.45) is 0 Å². The molecular formula is C34H22. The molecular weight excluding hydrogens is 408 g/mol. The second kappa shape index (κ2) is 7.57. The summed E-state index contributed by atoms with van der Waals surface area (Å²) in [7, 11) is 0. The summed E-state index contributed by atoms with van der Waals surface area (Å²) in [5, 5.41) is 10.3. The third-order valence-electron chi connectivity index (χ3n) is 6.94. The predicted molar refractivity (Wildman–Crippen MR) is 147 cm³/mol. The van der Waals surface area contributed by atoms with E-state index < -0.39 is 0 Å². The molecule has 158 valence electrons. The van der Waals surface area contributed by atoms with Gasteiger partial charge in [0.15, 0.2) is 0 Å². The maximum atomic E-state index is 2.33. The molecule has 0 aliphatic heterocycles. The Morgan fingerprint density at radius 2 is 0.559 bits per heavy atom. The fourth-order valence-electron chi connectivity index (χ4n) is 5.11. The number of fused-ring (bicyclic) bond motifs is 4. The maximum Gasteiger partial charge on any atom is -0.0171 e. The summed E-state index contributed by atoms with van der Waals surface area (Å²) in [6.45, 7) is 0. The van der Waals surface area contributed by atoms with Crippen molar-refractivity contribution in [3.63, 3.8) is 0 Å². The van der Waals surface area contributed by atoms with Gasteiger partial charge >= 0.3 is 0 Å². The Morgan fingerprint density at radius 1 is 0.206 bits per heavy atom. The van der Waals surface area contributed by atoms with E-state index in [1.807, 2.05) is 0 Å². The Balaban J connectivity index is 1.33. The minimum absolute atomic E-state index is 1.24. The molecule has 0 unspecified atom stereocenters. The van der Waals surface area contributed by atoms with Crippen molar-refractivity contribution in [2.45, 2.75) is 0 Å². The van der Waals surface area contributed by atoms with Gasteiger partial charge in [-0.25, -0.2) is 0 Å². The molecule has 7 aromatic rings. The molecule has 0 nitrogen and oxygen atoms in total. The highest BCUT2D eigenvalue weighted by molar-refractivity contribution is 6.08. The molecule has 0 fully saturated rings. The van der Waals surface area contributed by atoms with Gasteiger partial charge in [-0.2, -0.15) is 0 Å². The Morgan fingerprint density at radius 3 is 1.12 bits per heavy atom. The van der Waals surface area contributed by atoms with E-state index in [1.54, 1.807) is 0 Å². The lowest BCUT2D eigenvalue weighted by Crippen LogP contribution is -1.83. The van der Waals surface area contributed by atoms with Crippen LogP contribution in [0.1, 0.15) is 0 Å². The largest absolute Gasteiger partial charge is 0.0622 e. The van der Waals surface area contributed by atoms with Crippen molar-refractivity contribution < 1.29 is 0 Å². The van der Waals surface area contributed by atoms with E-state index in [9.17, 15) is 0 Å². The number of hydrogen-bond donors (Lipinski definition) is 0. The summed E-state index contributed by atoms with van der Waals surface area (Å²) >= 11 is 0. The summed E-state index contributed by atoms with van der Waals surface area (Å²) in [6.07, 6.45) is 0. The molecule has 0 aromatic heterocycles. The molecule has 0 aliphatic rings. The van der Waals surface area contributed by atoms with E-state index in [2.05, 4.69) is 133 Å². The zero-order valence-corrected chi connectivity index (χ0v) is 18.7. The zero-order valence-electron chi connectivity index (χ0n) is 18.7. The summed E-state index contributed by atoms with van der Waals surface area (Å²) in [4.78, 5) is 0. The van der Waals surface area contributed by atoms with E-state index in [0.29, 0.717) is 0 Å². The van der Waals surface area contributed by atoms with Crippen LogP contribution in [0.4, 0.5) is 0 Å². The molecule has 0 N–H and O–H groups in total. The lowest BCUT2D eigenvalue weighted by molar-refractivity contribution is 1.60. The van der Waals surface area contributed by atoms with Gasteiger partial charge in [0.2, 0.25) is 0 Å². The second-order valence-corrected chi connectivity index (χ2v) is 9.10. The van der Waals surface area contributed by atoms with Crippen molar-refractivity contribution in [1.82, 2.24) is 0 Å². The van der Waals surface area contributed by atoms with Crippen LogP contribution in [0.15, 0.2) is 133 Å². The lowest BCUT2D eigenvalue weighted by Gasteiger charge is -2.09. The first-order valence-electron chi connectivity index (χ1n) is 11.8. The molecule has 0 amide bonds. The first-order valence-corrected chi connectivity index (χ1v) is 11.8.